The second kappa shape index (κ2) is 11.0. The van der Waals surface area contributed by atoms with Crippen molar-refractivity contribution in [2.75, 3.05) is 0 Å². The van der Waals surface area contributed by atoms with Crippen molar-refractivity contribution in [2.45, 2.75) is 10.8 Å². The van der Waals surface area contributed by atoms with Crippen LogP contribution in [0.2, 0.25) is 0 Å². The molecule has 3 aliphatic rings. The van der Waals surface area contributed by atoms with E-state index in [1.165, 1.54) is 0 Å². The van der Waals surface area contributed by atoms with Gasteiger partial charge in [-0.25, -0.2) is 0 Å². The molecule has 50 heavy (non-hydrogen) atoms. The summed E-state index contributed by atoms with van der Waals surface area (Å²) >= 11 is 0. The Labute approximate surface area is 291 Å². The minimum Gasteiger partial charge on any atom is -0.192 e. The van der Waals surface area contributed by atoms with E-state index in [9.17, 15) is 15.8 Å². The van der Waals surface area contributed by atoms with Crippen molar-refractivity contribution in [2.24, 2.45) is 0 Å². The van der Waals surface area contributed by atoms with Crippen LogP contribution in [0.4, 0.5) is 0 Å². The first-order chi connectivity index (χ1) is 24.7. The zero-order chi connectivity index (χ0) is 33.9. The molecule has 0 N–H and O–H groups in total. The van der Waals surface area contributed by atoms with Gasteiger partial charge in [-0.05, 0) is 103 Å². The van der Waals surface area contributed by atoms with Crippen molar-refractivity contribution in [1.82, 2.24) is 0 Å². The lowest BCUT2D eigenvalue weighted by Gasteiger charge is -2.58. The molecule has 230 valence electrons. The van der Waals surface area contributed by atoms with Crippen LogP contribution in [0, 0.1) is 34.0 Å². The first-order valence-electron chi connectivity index (χ1n) is 16.6. The summed E-state index contributed by atoms with van der Waals surface area (Å²) in [7, 11) is 0. The molecule has 0 atom stereocenters. The van der Waals surface area contributed by atoms with Gasteiger partial charge in [0.2, 0.25) is 0 Å². The van der Waals surface area contributed by atoms with Crippen LogP contribution in [0.25, 0.3) is 22.3 Å². The molecule has 3 aliphatic carbocycles. The zero-order valence-electron chi connectivity index (χ0n) is 26.9. The number of hydrogen-bond donors (Lipinski definition) is 0. The van der Waals surface area contributed by atoms with Crippen molar-refractivity contribution >= 4 is 0 Å². The molecule has 3 heteroatoms. The first-order valence-corrected chi connectivity index (χ1v) is 16.6. The van der Waals surface area contributed by atoms with Crippen molar-refractivity contribution < 1.29 is 0 Å². The lowest BCUT2D eigenvalue weighted by molar-refractivity contribution is 0.558. The van der Waals surface area contributed by atoms with Gasteiger partial charge in [0, 0.05) is 0 Å². The molecule has 0 saturated carbocycles. The molecule has 0 aliphatic heterocycles. The third-order valence-corrected chi connectivity index (χ3v) is 10.7. The monoisotopic (exact) mass is 633 g/mol. The predicted molar refractivity (Wildman–Crippen MR) is 195 cm³/mol. The summed E-state index contributed by atoms with van der Waals surface area (Å²) in [5.74, 6) is 0. The van der Waals surface area contributed by atoms with Crippen molar-refractivity contribution in [3.05, 3.63) is 225 Å². The maximum absolute atomic E-state index is 10.4. The number of nitrogens with zero attached hydrogens (tertiary/aromatic N) is 3. The number of benzene rings is 7. The zero-order valence-corrected chi connectivity index (χ0v) is 26.9. The van der Waals surface area contributed by atoms with Gasteiger partial charge in [-0.15, -0.1) is 0 Å². The van der Waals surface area contributed by atoms with Crippen molar-refractivity contribution in [3.63, 3.8) is 0 Å². The Morgan fingerprint density at radius 2 is 0.620 bits per heavy atom. The summed E-state index contributed by atoms with van der Waals surface area (Å²) in [5, 5.41) is 31.1. The molecule has 0 heterocycles. The van der Waals surface area contributed by atoms with Crippen molar-refractivity contribution in [1.29, 1.82) is 15.8 Å². The average Bonchev–Trinajstić information content (AvgIpc) is 3.20. The van der Waals surface area contributed by atoms with Crippen molar-refractivity contribution in [3.8, 4) is 40.5 Å². The highest BCUT2D eigenvalue weighted by molar-refractivity contribution is 5.88. The Kier molecular flexibility index (Phi) is 6.44. The van der Waals surface area contributed by atoms with E-state index in [-0.39, 0.29) is 0 Å². The van der Waals surface area contributed by atoms with E-state index < -0.39 is 10.8 Å². The molecule has 0 aromatic heterocycles. The van der Waals surface area contributed by atoms with Gasteiger partial charge in [-0.3, -0.25) is 0 Å². The molecule has 0 unspecified atom stereocenters. The normalized spacial score (nSPS) is 17.7. The minimum atomic E-state index is -0.913. The summed E-state index contributed by atoms with van der Waals surface area (Å²) < 4.78 is 0. The van der Waals surface area contributed by atoms with Crippen LogP contribution in [-0.2, 0) is 10.8 Å². The third kappa shape index (κ3) is 3.77. The Hall–Kier alpha value is -6.99. The fourth-order valence-corrected chi connectivity index (χ4v) is 8.85. The SMILES string of the molecule is N#Cc1ccc2c(c1)C1(c3ccccc3-c3ccccc3)c3ccc(C#N)cc3C2(c2ccccc2-c2ccccc2)c2cc(C#N)ccc21. The minimum absolute atomic E-state index is 0.563. The molecular formula is C47H27N3. The smallest absolute Gasteiger partial charge is 0.0991 e. The Morgan fingerprint density at radius 1 is 0.300 bits per heavy atom. The summed E-state index contributed by atoms with van der Waals surface area (Å²) in [4.78, 5) is 0. The number of rotatable bonds is 4. The fraction of sp³-hybridized carbons (Fsp3) is 0.0426. The summed E-state index contributed by atoms with van der Waals surface area (Å²) in [5.41, 5.74) is 12.5. The van der Waals surface area contributed by atoms with Gasteiger partial charge in [0.15, 0.2) is 0 Å². The highest BCUT2D eigenvalue weighted by Gasteiger charge is 2.61. The van der Waals surface area contributed by atoms with Crippen LogP contribution < -0.4 is 0 Å². The van der Waals surface area contributed by atoms with Gasteiger partial charge in [-0.2, -0.15) is 15.8 Å². The van der Waals surface area contributed by atoms with E-state index in [1.54, 1.807) is 0 Å². The molecule has 2 bridgehead atoms. The third-order valence-electron chi connectivity index (χ3n) is 10.7. The molecule has 0 spiro atoms. The Morgan fingerprint density at radius 3 is 0.980 bits per heavy atom. The quantitative estimate of drug-likeness (QED) is 0.194. The van der Waals surface area contributed by atoms with Gasteiger partial charge in [0.05, 0.1) is 45.7 Å². The Balaban J connectivity index is 1.55. The largest absolute Gasteiger partial charge is 0.192 e. The van der Waals surface area contributed by atoms with Gasteiger partial charge < -0.3 is 0 Å². The maximum atomic E-state index is 10.4. The lowest BCUT2D eigenvalue weighted by Crippen LogP contribution is -2.52. The fourth-order valence-electron chi connectivity index (χ4n) is 8.85. The van der Waals surface area contributed by atoms with Gasteiger partial charge in [0.25, 0.3) is 0 Å². The molecule has 7 aromatic carbocycles. The number of nitriles is 3. The van der Waals surface area contributed by atoms with Gasteiger partial charge in [-0.1, -0.05) is 127 Å². The van der Waals surface area contributed by atoms with Gasteiger partial charge >= 0.3 is 0 Å². The molecule has 3 nitrogen and oxygen atoms in total. The van der Waals surface area contributed by atoms with E-state index in [4.69, 9.17) is 0 Å². The molecule has 0 saturated heterocycles. The maximum Gasteiger partial charge on any atom is 0.0991 e. The standard InChI is InChI=1S/C47H27N3/c48-28-31-21-24-42-43(25-31)46(38-17-9-7-15-36(38)34-11-3-1-4-12-34)40-22-19-32(29-49)26-44(40)47(42,45-27-33(30-50)20-23-41(45)46)39-18-10-8-16-37(39)35-13-5-2-6-14-35/h1-27H. The predicted octanol–water partition coefficient (Wildman–Crippen LogP) is 10.0. The molecule has 10 rings (SSSR count). The van der Waals surface area contributed by atoms with E-state index in [1.807, 2.05) is 42.5 Å². The second-order valence-corrected chi connectivity index (χ2v) is 12.9. The molecule has 0 amide bonds. The first kappa shape index (κ1) is 29.2. The molecule has 7 aromatic rings. The summed E-state index contributed by atoms with van der Waals surface area (Å²) in [6.45, 7) is 0. The van der Waals surface area contributed by atoms with Crippen LogP contribution in [0.1, 0.15) is 61.2 Å². The second-order valence-electron chi connectivity index (χ2n) is 12.9. The summed E-state index contributed by atoms with van der Waals surface area (Å²) in [6.07, 6.45) is 0. The van der Waals surface area contributed by atoms with Gasteiger partial charge in [0.1, 0.15) is 0 Å². The van der Waals surface area contributed by atoms with Crippen LogP contribution in [0.3, 0.4) is 0 Å². The van der Waals surface area contributed by atoms with E-state index in [0.717, 1.165) is 66.8 Å². The van der Waals surface area contributed by atoms with Crippen LogP contribution >= 0.6 is 0 Å². The van der Waals surface area contributed by atoms with Crippen LogP contribution in [0.5, 0.6) is 0 Å². The molecular weight excluding hydrogens is 607 g/mol. The number of hydrogen-bond acceptors (Lipinski definition) is 3. The molecule has 0 radical (unpaired) electrons. The average molecular weight is 634 g/mol. The lowest BCUT2D eigenvalue weighted by atomic mass is 9.43. The van der Waals surface area contributed by atoms with Crippen LogP contribution in [0.15, 0.2) is 164 Å². The van der Waals surface area contributed by atoms with Crippen LogP contribution in [-0.4, -0.2) is 0 Å². The van der Waals surface area contributed by atoms with E-state index in [2.05, 4.69) is 140 Å². The molecule has 0 fully saturated rings. The highest BCUT2D eigenvalue weighted by Crippen LogP contribution is 2.67. The summed E-state index contributed by atoms with van der Waals surface area (Å²) in [6, 6.07) is 63.4. The topological polar surface area (TPSA) is 71.4 Å². The van der Waals surface area contributed by atoms with E-state index in [0.29, 0.717) is 16.7 Å². The van der Waals surface area contributed by atoms with E-state index >= 15 is 0 Å². The Bertz CT molecular complexity index is 2570. The highest BCUT2D eigenvalue weighted by atomic mass is 14.6.